The average molecular weight is 279 g/mol. The molecule has 2 nitrogen and oxygen atoms in total. The van der Waals surface area contributed by atoms with Crippen molar-refractivity contribution in [3.8, 4) is 0 Å². The van der Waals surface area contributed by atoms with Crippen LogP contribution in [0.15, 0.2) is 36.4 Å². The van der Waals surface area contributed by atoms with Crippen molar-refractivity contribution in [2.24, 2.45) is 0 Å². The summed E-state index contributed by atoms with van der Waals surface area (Å²) in [4.78, 5) is 0. The molecule has 1 aliphatic heterocycles. The predicted molar refractivity (Wildman–Crippen MR) is 70.4 cm³/mol. The van der Waals surface area contributed by atoms with E-state index in [2.05, 4.69) is 0 Å². The second-order valence-corrected chi connectivity index (χ2v) is 4.97. The summed E-state index contributed by atoms with van der Waals surface area (Å²) in [5.41, 5.74) is 2.98. The van der Waals surface area contributed by atoms with Gasteiger partial charge < -0.3 is 9.84 Å². The van der Waals surface area contributed by atoms with Crippen LogP contribution in [0.25, 0.3) is 0 Å². The van der Waals surface area contributed by atoms with E-state index in [-0.39, 0.29) is 10.6 Å². The zero-order valence-electron chi connectivity index (χ0n) is 10.1. The molecule has 19 heavy (non-hydrogen) atoms. The average Bonchev–Trinajstić information content (AvgIpc) is 2.88. The SMILES string of the molecule is OC(c1ccc2c(c1)COC2)c1cccc(Cl)c1F. The second-order valence-electron chi connectivity index (χ2n) is 4.57. The molecule has 0 saturated carbocycles. The zero-order valence-corrected chi connectivity index (χ0v) is 10.8. The smallest absolute Gasteiger partial charge is 0.147 e. The van der Waals surface area contributed by atoms with Gasteiger partial charge in [0, 0.05) is 5.56 Å². The summed E-state index contributed by atoms with van der Waals surface area (Å²) >= 11 is 5.73. The van der Waals surface area contributed by atoms with Crippen molar-refractivity contribution in [2.75, 3.05) is 0 Å². The number of halogens is 2. The van der Waals surface area contributed by atoms with Crippen molar-refractivity contribution in [3.63, 3.8) is 0 Å². The first-order valence-electron chi connectivity index (χ1n) is 5.98. The molecule has 1 aliphatic rings. The van der Waals surface area contributed by atoms with Gasteiger partial charge in [0.05, 0.1) is 18.2 Å². The lowest BCUT2D eigenvalue weighted by Gasteiger charge is -2.14. The molecule has 1 N–H and O–H groups in total. The van der Waals surface area contributed by atoms with Crippen LogP contribution in [0.3, 0.4) is 0 Å². The number of ether oxygens (including phenoxy) is 1. The van der Waals surface area contributed by atoms with Gasteiger partial charge in [0.1, 0.15) is 11.9 Å². The van der Waals surface area contributed by atoms with Gasteiger partial charge in [0.2, 0.25) is 0 Å². The monoisotopic (exact) mass is 278 g/mol. The van der Waals surface area contributed by atoms with Crippen LogP contribution < -0.4 is 0 Å². The van der Waals surface area contributed by atoms with Gasteiger partial charge in [-0.05, 0) is 22.8 Å². The van der Waals surface area contributed by atoms with Crippen molar-refractivity contribution < 1.29 is 14.2 Å². The molecule has 4 heteroatoms. The third-order valence-electron chi connectivity index (χ3n) is 3.34. The maximum absolute atomic E-state index is 13.9. The van der Waals surface area contributed by atoms with Gasteiger partial charge in [-0.25, -0.2) is 4.39 Å². The van der Waals surface area contributed by atoms with Crippen LogP contribution in [-0.2, 0) is 18.0 Å². The van der Waals surface area contributed by atoms with Crippen molar-refractivity contribution in [1.82, 2.24) is 0 Å². The maximum atomic E-state index is 13.9. The molecule has 0 saturated heterocycles. The molecule has 0 aliphatic carbocycles. The highest BCUT2D eigenvalue weighted by molar-refractivity contribution is 6.30. The molecule has 0 fully saturated rings. The summed E-state index contributed by atoms with van der Waals surface area (Å²) in [5, 5.41) is 10.3. The fourth-order valence-electron chi connectivity index (χ4n) is 2.27. The number of benzene rings is 2. The molecule has 98 valence electrons. The van der Waals surface area contributed by atoms with Crippen LogP contribution >= 0.6 is 11.6 Å². The first-order valence-corrected chi connectivity index (χ1v) is 6.36. The van der Waals surface area contributed by atoms with Gasteiger partial charge in [-0.1, -0.05) is 41.9 Å². The van der Waals surface area contributed by atoms with Crippen LogP contribution in [0.2, 0.25) is 5.02 Å². The highest BCUT2D eigenvalue weighted by Gasteiger charge is 2.19. The van der Waals surface area contributed by atoms with E-state index in [9.17, 15) is 9.50 Å². The van der Waals surface area contributed by atoms with Gasteiger partial charge in [-0.2, -0.15) is 0 Å². The van der Waals surface area contributed by atoms with E-state index >= 15 is 0 Å². The lowest BCUT2D eigenvalue weighted by Crippen LogP contribution is -2.03. The Morgan fingerprint density at radius 3 is 2.79 bits per heavy atom. The summed E-state index contributed by atoms with van der Waals surface area (Å²) in [5.74, 6) is -0.576. The van der Waals surface area contributed by atoms with E-state index < -0.39 is 11.9 Å². The topological polar surface area (TPSA) is 29.5 Å². The van der Waals surface area contributed by atoms with Crippen molar-refractivity contribution in [2.45, 2.75) is 19.3 Å². The summed E-state index contributed by atoms with van der Waals surface area (Å²) < 4.78 is 19.2. The van der Waals surface area contributed by atoms with Gasteiger partial charge in [-0.15, -0.1) is 0 Å². The molecule has 3 rings (SSSR count). The summed E-state index contributed by atoms with van der Waals surface area (Å²) in [6, 6.07) is 10.2. The molecule has 2 aromatic carbocycles. The van der Waals surface area contributed by atoms with Gasteiger partial charge in [0.25, 0.3) is 0 Å². The molecule has 0 amide bonds. The van der Waals surface area contributed by atoms with Crippen molar-refractivity contribution in [1.29, 1.82) is 0 Å². The highest BCUT2D eigenvalue weighted by Crippen LogP contribution is 2.30. The van der Waals surface area contributed by atoms with Crippen LogP contribution in [0.5, 0.6) is 0 Å². The predicted octanol–water partition coefficient (Wildman–Crippen LogP) is 3.59. The number of aliphatic hydroxyl groups is 1. The van der Waals surface area contributed by atoms with Crippen LogP contribution in [-0.4, -0.2) is 5.11 Å². The Kier molecular flexibility index (Phi) is 3.27. The molecule has 1 unspecified atom stereocenters. The van der Waals surface area contributed by atoms with Crippen LogP contribution in [0.1, 0.15) is 28.4 Å². The summed E-state index contributed by atoms with van der Waals surface area (Å²) in [7, 11) is 0. The Labute approximate surface area is 115 Å². The van der Waals surface area contributed by atoms with E-state index in [0.29, 0.717) is 18.8 Å². The van der Waals surface area contributed by atoms with Crippen LogP contribution in [0.4, 0.5) is 4.39 Å². The van der Waals surface area contributed by atoms with Crippen LogP contribution in [0, 0.1) is 5.82 Å². The molecule has 1 atom stereocenters. The van der Waals surface area contributed by atoms with Gasteiger partial charge in [-0.3, -0.25) is 0 Å². The fourth-order valence-corrected chi connectivity index (χ4v) is 2.46. The Hall–Kier alpha value is -1.42. The fraction of sp³-hybridized carbons (Fsp3) is 0.200. The Balaban J connectivity index is 2.00. The standard InChI is InChI=1S/C15H12ClFO2/c16-13-3-1-2-12(14(13)17)15(18)9-4-5-10-7-19-8-11(10)6-9/h1-6,15,18H,7-8H2. The second kappa shape index (κ2) is 4.93. The number of aliphatic hydroxyl groups excluding tert-OH is 1. The van der Waals surface area contributed by atoms with Gasteiger partial charge in [0.15, 0.2) is 0 Å². The lowest BCUT2D eigenvalue weighted by atomic mass is 9.97. The first kappa shape index (κ1) is 12.6. The molecule has 0 spiro atoms. The molecule has 0 bridgehead atoms. The van der Waals surface area contributed by atoms with E-state index in [0.717, 1.165) is 11.1 Å². The normalized spacial score (nSPS) is 15.3. The highest BCUT2D eigenvalue weighted by atomic mass is 35.5. The number of rotatable bonds is 2. The summed E-state index contributed by atoms with van der Waals surface area (Å²) in [6.07, 6.45) is -1.02. The zero-order chi connectivity index (χ0) is 13.4. The summed E-state index contributed by atoms with van der Waals surface area (Å²) in [6.45, 7) is 1.13. The number of hydrogen-bond acceptors (Lipinski definition) is 2. The van der Waals surface area contributed by atoms with Crippen molar-refractivity contribution >= 4 is 11.6 Å². The maximum Gasteiger partial charge on any atom is 0.147 e. The minimum atomic E-state index is -1.02. The lowest BCUT2D eigenvalue weighted by molar-refractivity contribution is 0.134. The van der Waals surface area contributed by atoms with E-state index in [4.69, 9.17) is 16.3 Å². The molecule has 1 heterocycles. The minimum Gasteiger partial charge on any atom is -0.384 e. The Bertz CT molecular complexity index is 628. The van der Waals surface area contributed by atoms with E-state index in [1.165, 1.54) is 12.1 Å². The van der Waals surface area contributed by atoms with E-state index in [1.54, 1.807) is 12.1 Å². The largest absolute Gasteiger partial charge is 0.384 e. The third kappa shape index (κ3) is 2.25. The number of hydrogen-bond donors (Lipinski definition) is 1. The molecular formula is C15H12ClFO2. The van der Waals surface area contributed by atoms with Crippen molar-refractivity contribution in [3.05, 3.63) is 69.5 Å². The first-order chi connectivity index (χ1) is 9.16. The Morgan fingerprint density at radius 1 is 1.16 bits per heavy atom. The molecule has 2 aromatic rings. The Morgan fingerprint density at radius 2 is 1.95 bits per heavy atom. The number of fused-ring (bicyclic) bond motifs is 1. The quantitative estimate of drug-likeness (QED) is 0.910. The third-order valence-corrected chi connectivity index (χ3v) is 3.63. The molecule has 0 aromatic heterocycles. The molecule has 0 radical (unpaired) electrons. The van der Waals surface area contributed by atoms with Gasteiger partial charge >= 0.3 is 0 Å². The van der Waals surface area contributed by atoms with E-state index in [1.807, 2.05) is 12.1 Å². The minimum absolute atomic E-state index is 0.0149. The molecular weight excluding hydrogens is 267 g/mol.